The molecule has 2 aromatic rings. The van der Waals surface area contributed by atoms with Gasteiger partial charge in [-0.1, -0.05) is 36.4 Å². The number of carbonyl (C=O) groups is 2. The van der Waals surface area contributed by atoms with E-state index in [0.29, 0.717) is 31.3 Å². The summed E-state index contributed by atoms with van der Waals surface area (Å²) in [6, 6.07) is 14.6. The summed E-state index contributed by atoms with van der Waals surface area (Å²) >= 11 is 0. The van der Waals surface area contributed by atoms with Crippen LogP contribution in [0.3, 0.4) is 0 Å². The van der Waals surface area contributed by atoms with Crippen LogP contribution < -0.4 is 10.6 Å². The summed E-state index contributed by atoms with van der Waals surface area (Å²) in [6.45, 7) is 2.19. The van der Waals surface area contributed by atoms with Gasteiger partial charge in [0.15, 0.2) is 0 Å². The Bertz CT molecular complexity index is 919. The number of likely N-dealkylation sites (tertiary alicyclic amines) is 1. The number of para-hydroxylation sites is 1. The molecule has 6 heteroatoms. The first-order valence-electron chi connectivity index (χ1n) is 11.7. The highest BCUT2D eigenvalue weighted by Crippen LogP contribution is 2.27. The summed E-state index contributed by atoms with van der Waals surface area (Å²) in [5.41, 5.74) is 2.70. The summed E-state index contributed by atoms with van der Waals surface area (Å²) in [6.07, 6.45) is 6.68. The molecular formula is C26H32FN3O2. The van der Waals surface area contributed by atoms with Crippen LogP contribution in [0.15, 0.2) is 48.5 Å². The number of halogens is 1. The van der Waals surface area contributed by atoms with Crippen LogP contribution in [-0.2, 0) is 17.6 Å². The lowest BCUT2D eigenvalue weighted by Gasteiger charge is -2.32. The third kappa shape index (κ3) is 6.55. The van der Waals surface area contributed by atoms with Crippen molar-refractivity contribution in [2.75, 3.05) is 25.0 Å². The number of nitrogens with one attached hydrogen (secondary N) is 2. The van der Waals surface area contributed by atoms with Crippen molar-refractivity contribution < 1.29 is 14.0 Å². The largest absolute Gasteiger partial charge is 0.356 e. The quantitative estimate of drug-likeness (QED) is 0.625. The Labute approximate surface area is 189 Å². The molecule has 1 heterocycles. The van der Waals surface area contributed by atoms with E-state index in [4.69, 9.17) is 0 Å². The van der Waals surface area contributed by atoms with Crippen molar-refractivity contribution in [1.82, 2.24) is 10.2 Å². The highest BCUT2D eigenvalue weighted by atomic mass is 19.1. The number of anilines is 1. The van der Waals surface area contributed by atoms with Gasteiger partial charge in [0.2, 0.25) is 5.91 Å². The molecule has 0 radical (unpaired) electrons. The van der Waals surface area contributed by atoms with Crippen LogP contribution in [0.5, 0.6) is 0 Å². The fraction of sp³-hybridized carbons (Fsp3) is 0.462. The van der Waals surface area contributed by atoms with Crippen molar-refractivity contribution in [2.45, 2.75) is 44.9 Å². The summed E-state index contributed by atoms with van der Waals surface area (Å²) in [4.78, 5) is 26.1. The Morgan fingerprint density at radius 3 is 2.28 bits per heavy atom. The minimum Gasteiger partial charge on any atom is -0.356 e. The van der Waals surface area contributed by atoms with Crippen molar-refractivity contribution in [2.24, 2.45) is 11.8 Å². The maximum absolute atomic E-state index is 13.8. The van der Waals surface area contributed by atoms with E-state index in [9.17, 15) is 14.0 Å². The van der Waals surface area contributed by atoms with Crippen molar-refractivity contribution in [3.05, 3.63) is 65.5 Å². The Kier molecular flexibility index (Phi) is 7.40. The van der Waals surface area contributed by atoms with Gasteiger partial charge >= 0.3 is 6.03 Å². The highest BCUT2D eigenvalue weighted by molar-refractivity contribution is 5.89. The van der Waals surface area contributed by atoms with E-state index in [-0.39, 0.29) is 17.6 Å². The summed E-state index contributed by atoms with van der Waals surface area (Å²) in [5, 5.41) is 5.69. The molecule has 1 saturated heterocycles. The van der Waals surface area contributed by atoms with Crippen LogP contribution in [-0.4, -0.2) is 36.5 Å². The van der Waals surface area contributed by atoms with Gasteiger partial charge in [0, 0.05) is 26.1 Å². The summed E-state index contributed by atoms with van der Waals surface area (Å²) in [5.74, 6) is 0.975. The Morgan fingerprint density at radius 2 is 1.59 bits per heavy atom. The van der Waals surface area contributed by atoms with Crippen molar-refractivity contribution in [3.63, 3.8) is 0 Å². The van der Waals surface area contributed by atoms with Gasteiger partial charge in [0.1, 0.15) is 5.82 Å². The molecule has 2 fully saturated rings. The molecule has 3 amide bonds. The molecule has 4 rings (SSSR count). The molecule has 0 spiro atoms. The molecule has 32 heavy (non-hydrogen) atoms. The summed E-state index contributed by atoms with van der Waals surface area (Å²) < 4.78 is 13.8. The molecule has 0 aromatic heterocycles. The van der Waals surface area contributed by atoms with Crippen LogP contribution in [0.2, 0.25) is 0 Å². The zero-order valence-corrected chi connectivity index (χ0v) is 18.5. The normalized spacial score (nSPS) is 16.6. The first-order valence-corrected chi connectivity index (χ1v) is 11.7. The maximum atomic E-state index is 13.8. The molecule has 2 aliphatic rings. The minimum absolute atomic E-state index is 0.145. The number of carbonyl (C=O) groups excluding carboxylic acids is 2. The SMILES string of the molecule is O=C(CCc1ccc(CC2CCN(C(=O)Nc3ccccc3F)CC2)cc1)NCC1CC1. The Hall–Kier alpha value is -2.89. The van der Waals surface area contributed by atoms with E-state index in [1.807, 2.05) is 0 Å². The first kappa shape index (κ1) is 22.3. The van der Waals surface area contributed by atoms with Gasteiger partial charge in [-0.25, -0.2) is 9.18 Å². The minimum atomic E-state index is -0.418. The van der Waals surface area contributed by atoms with E-state index in [2.05, 4.69) is 34.9 Å². The molecular weight excluding hydrogens is 405 g/mol. The smallest absolute Gasteiger partial charge is 0.321 e. The number of urea groups is 1. The topological polar surface area (TPSA) is 61.4 Å². The zero-order chi connectivity index (χ0) is 22.3. The number of nitrogens with zero attached hydrogens (tertiary/aromatic N) is 1. The number of amides is 3. The van der Waals surface area contributed by atoms with Gasteiger partial charge in [0.25, 0.3) is 0 Å². The number of benzene rings is 2. The van der Waals surface area contributed by atoms with Crippen LogP contribution in [0.1, 0.15) is 43.2 Å². The Morgan fingerprint density at radius 1 is 0.906 bits per heavy atom. The number of hydrogen-bond acceptors (Lipinski definition) is 2. The lowest BCUT2D eigenvalue weighted by molar-refractivity contribution is -0.121. The van der Waals surface area contributed by atoms with Crippen LogP contribution in [0, 0.1) is 17.7 Å². The first-order chi connectivity index (χ1) is 15.6. The molecule has 1 aliphatic heterocycles. The van der Waals surface area contributed by atoms with E-state index in [1.54, 1.807) is 23.1 Å². The van der Waals surface area contributed by atoms with Gasteiger partial charge in [-0.05, 0) is 73.6 Å². The number of hydrogen-bond donors (Lipinski definition) is 2. The second-order valence-electron chi connectivity index (χ2n) is 9.11. The predicted molar refractivity (Wildman–Crippen MR) is 124 cm³/mol. The standard InChI is InChI=1S/C26H32FN3O2/c27-23-3-1-2-4-24(23)29-26(32)30-15-13-21(14-16-30)17-20-7-5-19(6-8-20)11-12-25(31)28-18-22-9-10-22/h1-8,21-22H,9-18H2,(H,28,31)(H,29,32). The average Bonchev–Trinajstić information content (AvgIpc) is 3.64. The van der Waals surface area contributed by atoms with Crippen molar-refractivity contribution >= 4 is 17.6 Å². The molecule has 2 N–H and O–H groups in total. The van der Waals surface area contributed by atoms with E-state index in [0.717, 1.165) is 32.2 Å². The molecule has 1 aliphatic carbocycles. The molecule has 1 saturated carbocycles. The van der Waals surface area contributed by atoms with Gasteiger partial charge in [-0.3, -0.25) is 4.79 Å². The highest BCUT2D eigenvalue weighted by Gasteiger charge is 2.24. The van der Waals surface area contributed by atoms with Gasteiger partial charge < -0.3 is 15.5 Å². The number of piperidine rings is 1. The second kappa shape index (κ2) is 10.6. The van der Waals surface area contributed by atoms with Gasteiger partial charge in [0.05, 0.1) is 5.69 Å². The Balaban J connectivity index is 1.17. The molecule has 0 unspecified atom stereocenters. The van der Waals surface area contributed by atoms with E-state index < -0.39 is 5.82 Å². The van der Waals surface area contributed by atoms with E-state index in [1.165, 1.54) is 30.0 Å². The second-order valence-corrected chi connectivity index (χ2v) is 9.11. The lowest BCUT2D eigenvalue weighted by atomic mass is 9.90. The number of rotatable bonds is 8. The van der Waals surface area contributed by atoms with Crippen LogP contribution in [0.4, 0.5) is 14.9 Å². The number of aryl methyl sites for hydroxylation is 1. The fourth-order valence-corrected chi connectivity index (χ4v) is 4.20. The molecule has 0 atom stereocenters. The zero-order valence-electron chi connectivity index (χ0n) is 18.5. The molecule has 0 bridgehead atoms. The predicted octanol–water partition coefficient (Wildman–Crippen LogP) is 4.77. The van der Waals surface area contributed by atoms with Gasteiger partial charge in [-0.2, -0.15) is 0 Å². The third-order valence-corrected chi connectivity index (χ3v) is 6.49. The third-order valence-electron chi connectivity index (χ3n) is 6.49. The van der Waals surface area contributed by atoms with Crippen molar-refractivity contribution in [1.29, 1.82) is 0 Å². The van der Waals surface area contributed by atoms with Crippen LogP contribution >= 0.6 is 0 Å². The lowest BCUT2D eigenvalue weighted by Crippen LogP contribution is -2.41. The average molecular weight is 438 g/mol. The van der Waals surface area contributed by atoms with Crippen LogP contribution in [0.25, 0.3) is 0 Å². The molecule has 170 valence electrons. The van der Waals surface area contributed by atoms with E-state index >= 15 is 0 Å². The molecule has 2 aromatic carbocycles. The summed E-state index contributed by atoms with van der Waals surface area (Å²) in [7, 11) is 0. The maximum Gasteiger partial charge on any atom is 0.321 e. The molecule has 5 nitrogen and oxygen atoms in total. The monoisotopic (exact) mass is 437 g/mol. The fourth-order valence-electron chi connectivity index (χ4n) is 4.20. The van der Waals surface area contributed by atoms with Crippen molar-refractivity contribution in [3.8, 4) is 0 Å². The van der Waals surface area contributed by atoms with Gasteiger partial charge in [-0.15, -0.1) is 0 Å².